The number of carbonyl (C=O) groups is 2. The third-order valence-electron chi connectivity index (χ3n) is 4.48. The van der Waals surface area contributed by atoms with Crippen LogP contribution in [-0.2, 0) is 19.6 Å². The van der Waals surface area contributed by atoms with Gasteiger partial charge in [-0.15, -0.1) is 0 Å². The number of hydrogen-bond donors (Lipinski definition) is 1. The predicted molar refractivity (Wildman–Crippen MR) is 104 cm³/mol. The van der Waals surface area contributed by atoms with Crippen molar-refractivity contribution < 1.29 is 27.1 Å². The largest absolute Gasteiger partial charge is 0.452 e. The number of hydrogen-bond acceptors (Lipinski definition) is 5. The fourth-order valence-corrected chi connectivity index (χ4v) is 4.55. The molecule has 0 bridgehead atoms. The standard InChI is InChI=1S/C20H21FN2O5S/c21-16-9-7-15(8-10-16)20(25)28-14-19(24)22-17-5-4-6-18(13-17)29(26,27)23-11-2-1-3-12-23/h4-10,13H,1-3,11-12,14H2,(H,22,24). The summed E-state index contributed by atoms with van der Waals surface area (Å²) >= 11 is 0. The Morgan fingerprint density at radius 1 is 1.03 bits per heavy atom. The van der Waals surface area contributed by atoms with Gasteiger partial charge in [-0.25, -0.2) is 17.6 Å². The fourth-order valence-electron chi connectivity index (χ4n) is 2.99. The molecule has 0 atom stereocenters. The lowest BCUT2D eigenvalue weighted by Crippen LogP contribution is -2.35. The van der Waals surface area contributed by atoms with Crippen LogP contribution in [-0.4, -0.2) is 44.3 Å². The zero-order valence-corrected chi connectivity index (χ0v) is 16.5. The molecular formula is C20H21FN2O5S. The molecule has 1 aliphatic rings. The van der Waals surface area contributed by atoms with E-state index < -0.39 is 34.3 Å². The van der Waals surface area contributed by atoms with E-state index in [-0.39, 0.29) is 16.1 Å². The summed E-state index contributed by atoms with van der Waals surface area (Å²) < 4.78 is 44.7. The average Bonchev–Trinajstić information content (AvgIpc) is 2.73. The maximum atomic E-state index is 12.9. The molecule has 1 aliphatic heterocycles. The number of benzene rings is 2. The van der Waals surface area contributed by atoms with Gasteiger partial charge >= 0.3 is 5.97 Å². The quantitative estimate of drug-likeness (QED) is 0.726. The molecule has 1 N–H and O–H groups in total. The number of nitrogens with one attached hydrogen (secondary N) is 1. The number of rotatable bonds is 6. The van der Waals surface area contributed by atoms with Crippen LogP contribution >= 0.6 is 0 Å². The summed E-state index contributed by atoms with van der Waals surface area (Å²) in [6.07, 6.45) is 2.67. The Bertz CT molecular complexity index is 986. The smallest absolute Gasteiger partial charge is 0.338 e. The zero-order chi connectivity index (χ0) is 20.9. The molecule has 29 heavy (non-hydrogen) atoms. The first-order valence-corrected chi connectivity index (χ1v) is 10.6. The van der Waals surface area contributed by atoms with Crippen molar-refractivity contribution in [1.29, 1.82) is 0 Å². The predicted octanol–water partition coefficient (Wildman–Crippen LogP) is 2.80. The molecule has 154 valence electrons. The van der Waals surface area contributed by atoms with Crippen molar-refractivity contribution in [3.63, 3.8) is 0 Å². The van der Waals surface area contributed by atoms with Crippen LogP contribution in [0.1, 0.15) is 29.6 Å². The minimum atomic E-state index is -3.62. The normalized spacial score (nSPS) is 14.9. The van der Waals surface area contributed by atoms with Crippen LogP contribution in [0.3, 0.4) is 0 Å². The summed E-state index contributed by atoms with van der Waals surface area (Å²) in [5.41, 5.74) is 0.403. The SMILES string of the molecule is O=C(COC(=O)c1ccc(F)cc1)Nc1cccc(S(=O)(=O)N2CCCCC2)c1. The van der Waals surface area contributed by atoms with Crippen molar-refractivity contribution >= 4 is 27.6 Å². The molecule has 0 radical (unpaired) electrons. The Morgan fingerprint density at radius 2 is 1.72 bits per heavy atom. The zero-order valence-electron chi connectivity index (χ0n) is 15.6. The van der Waals surface area contributed by atoms with E-state index in [0.717, 1.165) is 31.4 Å². The number of ether oxygens (including phenoxy) is 1. The lowest BCUT2D eigenvalue weighted by molar-refractivity contribution is -0.119. The molecule has 0 aliphatic carbocycles. The van der Waals surface area contributed by atoms with Gasteiger partial charge in [-0.05, 0) is 55.3 Å². The van der Waals surface area contributed by atoms with Gasteiger partial charge in [-0.2, -0.15) is 4.31 Å². The maximum Gasteiger partial charge on any atom is 0.338 e. The van der Waals surface area contributed by atoms with E-state index in [1.165, 1.54) is 34.6 Å². The maximum absolute atomic E-state index is 12.9. The molecule has 1 fully saturated rings. The van der Waals surface area contributed by atoms with E-state index in [2.05, 4.69) is 5.32 Å². The highest BCUT2D eigenvalue weighted by molar-refractivity contribution is 7.89. The molecular weight excluding hydrogens is 399 g/mol. The van der Waals surface area contributed by atoms with Gasteiger partial charge in [0, 0.05) is 18.8 Å². The van der Waals surface area contributed by atoms with Crippen LogP contribution in [0.4, 0.5) is 10.1 Å². The first-order valence-electron chi connectivity index (χ1n) is 9.19. The van der Waals surface area contributed by atoms with Crippen molar-refractivity contribution in [1.82, 2.24) is 4.31 Å². The fraction of sp³-hybridized carbons (Fsp3) is 0.300. The second-order valence-corrected chi connectivity index (χ2v) is 8.56. The first kappa shape index (κ1) is 20.9. The van der Waals surface area contributed by atoms with Crippen molar-refractivity contribution in [3.8, 4) is 0 Å². The van der Waals surface area contributed by atoms with Gasteiger partial charge in [-0.3, -0.25) is 4.79 Å². The molecule has 0 saturated carbocycles. The Labute approximate surface area is 168 Å². The second-order valence-electron chi connectivity index (χ2n) is 6.62. The Morgan fingerprint density at radius 3 is 2.41 bits per heavy atom. The highest BCUT2D eigenvalue weighted by Crippen LogP contribution is 2.22. The molecule has 0 aromatic heterocycles. The van der Waals surface area contributed by atoms with Gasteiger partial charge in [-0.1, -0.05) is 12.5 Å². The van der Waals surface area contributed by atoms with Crippen LogP contribution in [0, 0.1) is 5.82 Å². The summed E-state index contributed by atoms with van der Waals surface area (Å²) in [5.74, 6) is -1.87. The van der Waals surface area contributed by atoms with Gasteiger partial charge in [0.05, 0.1) is 10.5 Å². The molecule has 2 aromatic rings. The summed E-state index contributed by atoms with van der Waals surface area (Å²) in [6.45, 7) is 0.413. The number of sulfonamides is 1. The summed E-state index contributed by atoms with van der Waals surface area (Å²) in [4.78, 5) is 24.0. The highest BCUT2D eigenvalue weighted by atomic mass is 32.2. The lowest BCUT2D eigenvalue weighted by atomic mass is 10.2. The van der Waals surface area contributed by atoms with Crippen LogP contribution in [0.25, 0.3) is 0 Å². The molecule has 3 rings (SSSR count). The van der Waals surface area contributed by atoms with Crippen LogP contribution in [0.15, 0.2) is 53.4 Å². The minimum Gasteiger partial charge on any atom is -0.452 e. The van der Waals surface area contributed by atoms with Crippen molar-refractivity contribution in [2.75, 3.05) is 25.0 Å². The van der Waals surface area contributed by atoms with Crippen molar-refractivity contribution in [3.05, 3.63) is 59.9 Å². The lowest BCUT2D eigenvalue weighted by Gasteiger charge is -2.26. The summed E-state index contributed by atoms with van der Waals surface area (Å²) in [7, 11) is -3.62. The summed E-state index contributed by atoms with van der Waals surface area (Å²) in [5, 5.41) is 2.51. The average molecular weight is 420 g/mol. The van der Waals surface area contributed by atoms with Gasteiger partial charge < -0.3 is 10.1 Å². The van der Waals surface area contributed by atoms with Gasteiger partial charge in [0.1, 0.15) is 5.82 Å². The van der Waals surface area contributed by atoms with E-state index in [4.69, 9.17) is 4.74 Å². The molecule has 1 heterocycles. The Kier molecular flexibility index (Phi) is 6.60. The number of amides is 1. The van der Waals surface area contributed by atoms with Crippen molar-refractivity contribution in [2.45, 2.75) is 24.2 Å². The van der Waals surface area contributed by atoms with Gasteiger partial charge in [0.2, 0.25) is 10.0 Å². The number of nitrogens with zero attached hydrogens (tertiary/aromatic N) is 1. The molecule has 9 heteroatoms. The van der Waals surface area contributed by atoms with E-state index >= 15 is 0 Å². The van der Waals surface area contributed by atoms with Crippen LogP contribution in [0.5, 0.6) is 0 Å². The van der Waals surface area contributed by atoms with E-state index in [1.54, 1.807) is 6.07 Å². The topological polar surface area (TPSA) is 92.8 Å². The molecule has 0 unspecified atom stereocenters. The molecule has 1 saturated heterocycles. The monoisotopic (exact) mass is 420 g/mol. The minimum absolute atomic E-state index is 0.0977. The highest BCUT2D eigenvalue weighted by Gasteiger charge is 2.26. The number of piperidine rings is 1. The third kappa shape index (κ3) is 5.39. The van der Waals surface area contributed by atoms with Crippen LogP contribution < -0.4 is 5.32 Å². The number of esters is 1. The van der Waals surface area contributed by atoms with Crippen LogP contribution in [0.2, 0.25) is 0 Å². The third-order valence-corrected chi connectivity index (χ3v) is 6.38. The van der Waals surface area contributed by atoms with E-state index in [1.807, 2.05) is 0 Å². The number of halogens is 1. The Balaban J connectivity index is 1.60. The molecule has 2 aromatic carbocycles. The van der Waals surface area contributed by atoms with E-state index in [0.29, 0.717) is 13.1 Å². The Hall–Kier alpha value is -2.78. The van der Waals surface area contributed by atoms with Crippen molar-refractivity contribution in [2.24, 2.45) is 0 Å². The first-order chi connectivity index (χ1) is 13.9. The van der Waals surface area contributed by atoms with E-state index in [9.17, 15) is 22.4 Å². The molecule has 1 amide bonds. The number of anilines is 1. The molecule has 0 spiro atoms. The van der Waals surface area contributed by atoms with Gasteiger partial charge in [0.15, 0.2) is 6.61 Å². The molecule has 7 nitrogen and oxygen atoms in total. The summed E-state index contributed by atoms with van der Waals surface area (Å²) in [6, 6.07) is 10.7. The number of carbonyl (C=O) groups excluding carboxylic acids is 2. The second kappa shape index (κ2) is 9.15. The van der Waals surface area contributed by atoms with Gasteiger partial charge in [0.25, 0.3) is 5.91 Å².